The van der Waals surface area contributed by atoms with E-state index in [-0.39, 0.29) is 0 Å². The number of aliphatic imine (C=N–C) groups is 1. The number of aryl methyl sites for hydroxylation is 1. The van der Waals surface area contributed by atoms with Gasteiger partial charge in [-0.3, -0.25) is 0 Å². The molecule has 0 bridgehead atoms. The third-order valence-electron chi connectivity index (χ3n) is 5.91. The van der Waals surface area contributed by atoms with Gasteiger partial charge in [-0.25, -0.2) is 4.99 Å². The molecule has 0 atom stereocenters. The van der Waals surface area contributed by atoms with Gasteiger partial charge in [-0.05, 0) is 37.6 Å². The van der Waals surface area contributed by atoms with Crippen LogP contribution in [0, 0.1) is 25.2 Å². The van der Waals surface area contributed by atoms with Crippen molar-refractivity contribution >= 4 is 12.1 Å². The van der Waals surface area contributed by atoms with E-state index in [9.17, 15) is 5.26 Å². The second-order valence-electron chi connectivity index (χ2n) is 8.09. The summed E-state index contributed by atoms with van der Waals surface area (Å²) in [7, 11) is 0. The highest BCUT2D eigenvalue weighted by Crippen LogP contribution is 2.42. The molecule has 3 aromatic carbocycles. The average Bonchev–Trinajstić information content (AvgIpc) is 3.40. The summed E-state index contributed by atoms with van der Waals surface area (Å²) in [6, 6.07) is 34.3. The Balaban J connectivity index is 1.62. The maximum Gasteiger partial charge on any atom is 0.238 e. The zero-order chi connectivity index (χ0) is 23.5. The van der Waals surface area contributed by atoms with Gasteiger partial charge >= 0.3 is 0 Å². The third-order valence-corrected chi connectivity index (χ3v) is 5.91. The van der Waals surface area contributed by atoms with E-state index in [0.717, 1.165) is 39.3 Å². The van der Waals surface area contributed by atoms with Gasteiger partial charge in [-0.15, -0.1) is 0 Å². The lowest BCUT2D eigenvalue weighted by Gasteiger charge is -2.08. The van der Waals surface area contributed by atoms with Crippen molar-refractivity contribution in [2.24, 2.45) is 4.99 Å². The van der Waals surface area contributed by atoms with E-state index in [1.165, 1.54) is 0 Å². The van der Waals surface area contributed by atoms with Gasteiger partial charge in [0.05, 0.1) is 0 Å². The van der Waals surface area contributed by atoms with Crippen LogP contribution in [0.15, 0.2) is 106 Å². The van der Waals surface area contributed by atoms with Gasteiger partial charge in [0.25, 0.3) is 0 Å². The SMILES string of the molecule is Cc1cc(C=Nc2oc(-c3ccccc3)c(-c3ccccc3)c2C#N)c(C)n1-c1ccccc1. The van der Waals surface area contributed by atoms with Crippen LogP contribution in [-0.4, -0.2) is 10.8 Å². The minimum absolute atomic E-state index is 0.310. The predicted molar refractivity (Wildman–Crippen MR) is 137 cm³/mol. The number of hydrogen-bond donors (Lipinski definition) is 0. The van der Waals surface area contributed by atoms with Crippen LogP contribution in [0.3, 0.4) is 0 Å². The lowest BCUT2D eigenvalue weighted by atomic mass is 9.98. The monoisotopic (exact) mass is 441 g/mol. The Bertz CT molecular complexity index is 1500. The topological polar surface area (TPSA) is 54.2 Å². The number of nitriles is 1. The summed E-state index contributed by atoms with van der Waals surface area (Å²) >= 11 is 0. The number of para-hydroxylation sites is 1. The van der Waals surface area contributed by atoms with Gasteiger partial charge in [0.15, 0.2) is 0 Å². The maximum absolute atomic E-state index is 10.1. The summed E-state index contributed by atoms with van der Waals surface area (Å²) in [4.78, 5) is 4.66. The molecule has 0 spiro atoms. The Morgan fingerprint density at radius 2 is 1.41 bits per heavy atom. The van der Waals surface area contributed by atoms with Crippen molar-refractivity contribution in [3.05, 3.63) is 120 Å². The molecule has 0 N–H and O–H groups in total. The van der Waals surface area contributed by atoms with Crippen molar-refractivity contribution < 1.29 is 4.42 Å². The van der Waals surface area contributed by atoms with Crippen molar-refractivity contribution in [3.8, 4) is 34.2 Å². The second-order valence-corrected chi connectivity index (χ2v) is 8.09. The molecule has 5 rings (SSSR count). The first-order valence-electron chi connectivity index (χ1n) is 11.1. The van der Waals surface area contributed by atoms with Crippen molar-refractivity contribution in [1.29, 1.82) is 5.26 Å². The highest BCUT2D eigenvalue weighted by molar-refractivity contribution is 5.90. The highest BCUT2D eigenvalue weighted by Gasteiger charge is 2.22. The molecule has 0 amide bonds. The van der Waals surface area contributed by atoms with E-state index in [2.05, 4.69) is 47.7 Å². The number of hydrogen-bond acceptors (Lipinski definition) is 3. The first kappa shape index (κ1) is 21.2. The van der Waals surface area contributed by atoms with Crippen LogP contribution >= 0.6 is 0 Å². The van der Waals surface area contributed by atoms with Gasteiger partial charge in [0.2, 0.25) is 5.88 Å². The molecule has 0 unspecified atom stereocenters. The molecule has 4 nitrogen and oxygen atoms in total. The summed E-state index contributed by atoms with van der Waals surface area (Å²) in [6.45, 7) is 4.14. The molecular formula is C30H23N3O. The Morgan fingerprint density at radius 1 is 0.824 bits per heavy atom. The number of aromatic nitrogens is 1. The van der Waals surface area contributed by atoms with Crippen LogP contribution in [-0.2, 0) is 0 Å². The second kappa shape index (κ2) is 9.09. The zero-order valence-corrected chi connectivity index (χ0v) is 19.1. The van der Waals surface area contributed by atoms with Crippen LogP contribution in [0.5, 0.6) is 0 Å². The number of benzene rings is 3. The molecule has 2 heterocycles. The van der Waals surface area contributed by atoms with E-state index in [4.69, 9.17) is 4.42 Å². The van der Waals surface area contributed by atoms with Crippen LogP contribution in [0.4, 0.5) is 5.88 Å². The minimum Gasteiger partial charge on any atom is -0.436 e. The zero-order valence-electron chi connectivity index (χ0n) is 19.1. The van der Waals surface area contributed by atoms with Crippen molar-refractivity contribution in [2.45, 2.75) is 13.8 Å². The molecular weight excluding hydrogens is 418 g/mol. The Morgan fingerprint density at radius 3 is 2.03 bits per heavy atom. The minimum atomic E-state index is 0.310. The van der Waals surface area contributed by atoms with Gasteiger partial charge in [0, 0.05) is 40.0 Å². The first-order valence-corrected chi connectivity index (χ1v) is 11.1. The summed E-state index contributed by atoms with van der Waals surface area (Å²) in [5, 5.41) is 10.1. The molecule has 4 heteroatoms. The highest BCUT2D eigenvalue weighted by atomic mass is 16.4. The molecule has 0 aliphatic heterocycles. The maximum atomic E-state index is 10.1. The van der Waals surface area contributed by atoms with E-state index in [1.807, 2.05) is 78.9 Å². The normalized spacial score (nSPS) is 11.1. The Labute approximate surface area is 199 Å². The van der Waals surface area contributed by atoms with Gasteiger partial charge in [-0.2, -0.15) is 5.26 Å². The van der Waals surface area contributed by atoms with Gasteiger partial charge < -0.3 is 8.98 Å². The van der Waals surface area contributed by atoms with Crippen molar-refractivity contribution in [3.63, 3.8) is 0 Å². The van der Waals surface area contributed by atoms with E-state index >= 15 is 0 Å². The van der Waals surface area contributed by atoms with E-state index in [0.29, 0.717) is 17.2 Å². The molecule has 0 aliphatic rings. The fourth-order valence-corrected chi connectivity index (χ4v) is 4.31. The molecule has 34 heavy (non-hydrogen) atoms. The number of rotatable bonds is 5. The third kappa shape index (κ3) is 3.85. The summed E-state index contributed by atoms with van der Waals surface area (Å²) in [5.41, 5.74) is 7.28. The van der Waals surface area contributed by atoms with Crippen LogP contribution < -0.4 is 0 Å². The van der Waals surface area contributed by atoms with Gasteiger partial charge in [0.1, 0.15) is 17.4 Å². The molecule has 0 radical (unpaired) electrons. The largest absolute Gasteiger partial charge is 0.436 e. The number of nitrogens with zero attached hydrogens (tertiary/aromatic N) is 3. The summed E-state index contributed by atoms with van der Waals surface area (Å²) < 4.78 is 8.43. The summed E-state index contributed by atoms with van der Waals surface area (Å²) in [6.07, 6.45) is 1.78. The molecule has 2 aromatic heterocycles. The average molecular weight is 442 g/mol. The van der Waals surface area contributed by atoms with E-state index < -0.39 is 0 Å². The smallest absolute Gasteiger partial charge is 0.238 e. The lowest BCUT2D eigenvalue weighted by molar-refractivity contribution is 0.593. The van der Waals surface area contributed by atoms with Crippen LogP contribution in [0.1, 0.15) is 22.5 Å². The van der Waals surface area contributed by atoms with Crippen LogP contribution in [0.25, 0.3) is 28.1 Å². The summed E-state index contributed by atoms with van der Waals surface area (Å²) in [5.74, 6) is 0.954. The first-order chi connectivity index (χ1) is 16.7. The predicted octanol–water partition coefficient (Wildman–Crippen LogP) is 7.64. The molecule has 0 saturated heterocycles. The Hall–Kier alpha value is -4.62. The van der Waals surface area contributed by atoms with Crippen LogP contribution in [0.2, 0.25) is 0 Å². The van der Waals surface area contributed by atoms with E-state index in [1.54, 1.807) is 6.21 Å². The number of furan rings is 1. The quantitative estimate of drug-likeness (QED) is 0.263. The van der Waals surface area contributed by atoms with Crippen molar-refractivity contribution in [1.82, 2.24) is 4.57 Å². The molecule has 5 aromatic rings. The Kier molecular flexibility index (Phi) is 5.68. The van der Waals surface area contributed by atoms with Gasteiger partial charge in [-0.1, -0.05) is 78.9 Å². The standard InChI is InChI=1S/C30H23N3O/c1-21-18-25(22(2)33(21)26-16-10-5-11-17-26)20-32-30-27(19-31)28(23-12-6-3-7-13-23)29(34-30)24-14-8-4-9-15-24/h3-18,20H,1-2H3. The molecule has 0 saturated carbocycles. The van der Waals surface area contributed by atoms with Crippen molar-refractivity contribution in [2.75, 3.05) is 0 Å². The molecule has 0 fully saturated rings. The lowest BCUT2D eigenvalue weighted by Crippen LogP contribution is -1.98. The molecule has 0 aliphatic carbocycles. The fraction of sp³-hybridized carbons (Fsp3) is 0.0667. The molecule has 164 valence electrons. The fourth-order valence-electron chi connectivity index (χ4n) is 4.31.